The molecule has 1 aromatic carbocycles. The van der Waals surface area contributed by atoms with Crippen LogP contribution in [0.2, 0.25) is 0 Å². The number of aryl methyl sites for hydroxylation is 3. The zero-order valence-corrected chi connectivity index (χ0v) is 9.05. The predicted octanol–water partition coefficient (Wildman–Crippen LogP) is 2.23. The van der Waals surface area contributed by atoms with E-state index in [4.69, 9.17) is 4.74 Å². The summed E-state index contributed by atoms with van der Waals surface area (Å²) in [6.45, 7) is 8.08. The maximum absolute atomic E-state index is 5.63. The van der Waals surface area contributed by atoms with Gasteiger partial charge in [-0.15, -0.1) is 0 Å². The van der Waals surface area contributed by atoms with Crippen LogP contribution in [-0.2, 0) is 4.74 Å². The molecule has 1 atom stereocenters. The quantitative estimate of drug-likeness (QED) is 0.735. The van der Waals surface area contributed by atoms with E-state index in [0.29, 0.717) is 6.73 Å². The zero-order valence-electron chi connectivity index (χ0n) is 9.05. The largest absolute Gasteiger partial charge is 0.357 e. The number of rotatable bonds is 1. The van der Waals surface area contributed by atoms with Crippen molar-refractivity contribution in [3.05, 3.63) is 34.4 Å². The van der Waals surface area contributed by atoms with Crippen LogP contribution in [0, 0.1) is 20.8 Å². The van der Waals surface area contributed by atoms with Crippen molar-refractivity contribution in [2.24, 2.45) is 0 Å². The monoisotopic (exact) mass is 191 g/mol. The summed E-state index contributed by atoms with van der Waals surface area (Å²) >= 11 is 0. The van der Waals surface area contributed by atoms with E-state index in [0.717, 1.165) is 6.54 Å². The topological polar surface area (TPSA) is 21.3 Å². The molecule has 1 aliphatic heterocycles. The molecule has 0 amide bonds. The second-order valence-electron chi connectivity index (χ2n) is 4.07. The van der Waals surface area contributed by atoms with Crippen molar-refractivity contribution in [2.45, 2.75) is 26.9 Å². The van der Waals surface area contributed by atoms with Crippen LogP contribution in [0.25, 0.3) is 0 Å². The zero-order chi connectivity index (χ0) is 10.1. The highest BCUT2D eigenvalue weighted by atomic mass is 16.5. The second-order valence-corrected chi connectivity index (χ2v) is 4.07. The molecule has 76 valence electrons. The highest BCUT2D eigenvalue weighted by Crippen LogP contribution is 2.27. The highest BCUT2D eigenvalue weighted by Gasteiger charge is 2.20. The molecular weight excluding hydrogens is 174 g/mol. The molecule has 1 fully saturated rings. The van der Waals surface area contributed by atoms with Gasteiger partial charge in [0.05, 0.1) is 12.8 Å². The lowest BCUT2D eigenvalue weighted by molar-refractivity contribution is 0.113. The molecule has 2 nitrogen and oxygen atoms in total. The smallest absolute Gasteiger partial charge is 0.0975 e. The fraction of sp³-hybridized carbons (Fsp3) is 0.500. The fourth-order valence-electron chi connectivity index (χ4n) is 2.29. The molecule has 0 saturated carbocycles. The molecule has 14 heavy (non-hydrogen) atoms. The van der Waals surface area contributed by atoms with Crippen molar-refractivity contribution in [2.75, 3.05) is 13.3 Å². The Morgan fingerprint density at radius 2 is 1.86 bits per heavy atom. The van der Waals surface area contributed by atoms with Gasteiger partial charge in [0.1, 0.15) is 0 Å². The Balaban J connectivity index is 2.40. The van der Waals surface area contributed by atoms with Crippen molar-refractivity contribution in [1.82, 2.24) is 5.32 Å². The average molecular weight is 191 g/mol. The summed E-state index contributed by atoms with van der Waals surface area (Å²) in [7, 11) is 0. The molecule has 0 aromatic heterocycles. The summed E-state index contributed by atoms with van der Waals surface area (Å²) in [4.78, 5) is 0. The van der Waals surface area contributed by atoms with Crippen molar-refractivity contribution in [3.8, 4) is 0 Å². The van der Waals surface area contributed by atoms with Crippen LogP contribution >= 0.6 is 0 Å². The van der Waals surface area contributed by atoms with Crippen LogP contribution in [-0.4, -0.2) is 13.3 Å². The first kappa shape index (κ1) is 9.69. The van der Waals surface area contributed by atoms with Crippen LogP contribution in [0.5, 0.6) is 0 Å². The third-order valence-corrected chi connectivity index (χ3v) is 2.78. The normalized spacial score (nSPS) is 21.5. The van der Waals surface area contributed by atoms with Gasteiger partial charge in [0.15, 0.2) is 0 Å². The molecule has 0 bridgehead atoms. The van der Waals surface area contributed by atoms with Gasteiger partial charge in [-0.3, -0.25) is 5.32 Å². The number of hydrogen-bond donors (Lipinski definition) is 1. The molecule has 2 rings (SSSR count). The fourth-order valence-corrected chi connectivity index (χ4v) is 2.29. The van der Waals surface area contributed by atoms with Crippen molar-refractivity contribution in [1.29, 1.82) is 0 Å². The van der Waals surface area contributed by atoms with Crippen molar-refractivity contribution in [3.63, 3.8) is 0 Å². The Labute approximate surface area is 85.3 Å². The van der Waals surface area contributed by atoms with Gasteiger partial charge in [-0.2, -0.15) is 0 Å². The molecule has 1 heterocycles. The van der Waals surface area contributed by atoms with E-state index in [1.807, 2.05) is 0 Å². The summed E-state index contributed by atoms with van der Waals surface area (Å²) in [6.07, 6.45) is 0.246. The van der Waals surface area contributed by atoms with Gasteiger partial charge in [0, 0.05) is 6.54 Å². The summed E-state index contributed by atoms with van der Waals surface area (Å²) < 4.78 is 5.63. The van der Waals surface area contributed by atoms with E-state index in [1.54, 1.807) is 0 Å². The molecular formula is C12H17NO. The molecule has 1 unspecified atom stereocenters. The Hall–Kier alpha value is -0.860. The maximum atomic E-state index is 5.63. The minimum Gasteiger partial charge on any atom is -0.357 e. The first-order valence-electron chi connectivity index (χ1n) is 5.08. The number of ether oxygens (including phenoxy) is 1. The summed E-state index contributed by atoms with van der Waals surface area (Å²) in [5, 5.41) is 3.22. The minimum absolute atomic E-state index is 0.246. The lowest BCUT2D eigenvalue weighted by atomic mass is 9.96. The minimum atomic E-state index is 0.246. The standard InChI is InChI=1S/C12H17NO/c1-8-4-9(2)12(10(3)5-8)11-6-13-7-14-11/h4-5,11,13H,6-7H2,1-3H3. The van der Waals surface area contributed by atoms with Crippen LogP contribution in [0.15, 0.2) is 12.1 Å². The van der Waals surface area contributed by atoms with Gasteiger partial charge < -0.3 is 4.74 Å². The molecule has 0 radical (unpaired) electrons. The van der Waals surface area contributed by atoms with Crippen LogP contribution in [0.1, 0.15) is 28.4 Å². The Kier molecular flexibility index (Phi) is 2.57. The average Bonchev–Trinajstić information content (AvgIpc) is 2.54. The molecule has 0 spiro atoms. The Bertz CT molecular complexity index is 317. The number of benzene rings is 1. The Morgan fingerprint density at radius 3 is 2.36 bits per heavy atom. The molecule has 2 heteroatoms. The molecule has 0 aliphatic carbocycles. The number of hydrogen-bond acceptors (Lipinski definition) is 2. The number of nitrogens with one attached hydrogen (secondary N) is 1. The van der Waals surface area contributed by atoms with E-state index >= 15 is 0 Å². The molecule has 1 aliphatic rings. The highest BCUT2D eigenvalue weighted by molar-refractivity contribution is 5.39. The molecule has 1 saturated heterocycles. The molecule has 1 N–H and O–H groups in total. The van der Waals surface area contributed by atoms with Gasteiger partial charge in [-0.05, 0) is 37.5 Å². The first-order valence-corrected chi connectivity index (χ1v) is 5.08. The Morgan fingerprint density at radius 1 is 1.21 bits per heavy atom. The van der Waals surface area contributed by atoms with Gasteiger partial charge in [-0.1, -0.05) is 17.7 Å². The lowest BCUT2D eigenvalue weighted by Gasteiger charge is -2.16. The van der Waals surface area contributed by atoms with Crippen LogP contribution in [0.3, 0.4) is 0 Å². The van der Waals surface area contributed by atoms with Gasteiger partial charge in [-0.25, -0.2) is 0 Å². The third kappa shape index (κ3) is 1.68. The summed E-state index contributed by atoms with van der Waals surface area (Å²) in [5.41, 5.74) is 5.38. The summed E-state index contributed by atoms with van der Waals surface area (Å²) in [5.74, 6) is 0. The van der Waals surface area contributed by atoms with E-state index in [1.165, 1.54) is 22.3 Å². The van der Waals surface area contributed by atoms with E-state index < -0.39 is 0 Å². The third-order valence-electron chi connectivity index (χ3n) is 2.78. The predicted molar refractivity (Wildman–Crippen MR) is 57.3 cm³/mol. The lowest BCUT2D eigenvalue weighted by Crippen LogP contribution is -2.10. The van der Waals surface area contributed by atoms with Gasteiger partial charge in [0.2, 0.25) is 0 Å². The van der Waals surface area contributed by atoms with Crippen molar-refractivity contribution >= 4 is 0 Å². The second kappa shape index (κ2) is 3.71. The van der Waals surface area contributed by atoms with Crippen LogP contribution < -0.4 is 5.32 Å². The van der Waals surface area contributed by atoms with E-state index in [-0.39, 0.29) is 6.10 Å². The summed E-state index contributed by atoms with van der Waals surface area (Å²) in [6, 6.07) is 4.45. The van der Waals surface area contributed by atoms with Gasteiger partial charge >= 0.3 is 0 Å². The van der Waals surface area contributed by atoms with Crippen LogP contribution in [0.4, 0.5) is 0 Å². The first-order chi connectivity index (χ1) is 6.68. The van der Waals surface area contributed by atoms with E-state index in [2.05, 4.69) is 38.2 Å². The molecule has 1 aromatic rings. The van der Waals surface area contributed by atoms with E-state index in [9.17, 15) is 0 Å². The van der Waals surface area contributed by atoms with Gasteiger partial charge in [0.25, 0.3) is 0 Å². The maximum Gasteiger partial charge on any atom is 0.0975 e. The SMILES string of the molecule is Cc1cc(C)c(C2CNCO2)c(C)c1. The van der Waals surface area contributed by atoms with Crippen molar-refractivity contribution < 1.29 is 4.74 Å².